The van der Waals surface area contributed by atoms with Gasteiger partial charge in [0.05, 0.1) is 50.8 Å². The number of hydrogen-bond donors (Lipinski definition) is 1. The van der Waals surface area contributed by atoms with Crippen LogP contribution >= 0.6 is 0 Å². The average molecular weight is 1020 g/mol. The fraction of sp³-hybridized carbons (Fsp3) is 0.885. The highest BCUT2D eigenvalue weighted by Gasteiger charge is 2.63. The van der Waals surface area contributed by atoms with Gasteiger partial charge in [-0.15, -0.1) is 0 Å². The maximum Gasteiger partial charge on any atom is 0.187 e. The Balaban J connectivity index is 1.12. The van der Waals surface area contributed by atoms with Crippen molar-refractivity contribution in [2.45, 2.75) is 236 Å². The minimum atomic E-state index is -1.49. The third kappa shape index (κ3) is 14.5. The van der Waals surface area contributed by atoms with Crippen LogP contribution in [0.15, 0.2) is 35.4 Å². The molecule has 6 aliphatic heterocycles. The molecule has 72 heavy (non-hydrogen) atoms. The number of aliphatic hydroxyl groups is 1. The van der Waals surface area contributed by atoms with Crippen LogP contribution in [0.3, 0.4) is 0 Å². The first-order valence-corrected chi connectivity index (χ1v) is 27.0. The van der Waals surface area contributed by atoms with Gasteiger partial charge in [-0.2, -0.15) is 0 Å². The van der Waals surface area contributed by atoms with E-state index >= 15 is 0 Å². The summed E-state index contributed by atoms with van der Waals surface area (Å²) in [6.45, 7) is 18.9. The van der Waals surface area contributed by atoms with Gasteiger partial charge in [-0.1, -0.05) is 102 Å². The molecule has 410 valence electrons. The van der Waals surface area contributed by atoms with Crippen molar-refractivity contribution in [3.63, 3.8) is 0 Å². The van der Waals surface area contributed by atoms with Gasteiger partial charge in [-0.3, -0.25) is 0 Å². The van der Waals surface area contributed by atoms with Crippen molar-refractivity contribution in [2.75, 3.05) is 59.5 Å². The van der Waals surface area contributed by atoms with Crippen molar-refractivity contribution in [2.24, 2.45) is 5.11 Å². The van der Waals surface area contributed by atoms with Gasteiger partial charge in [0.2, 0.25) is 0 Å². The van der Waals surface area contributed by atoms with Gasteiger partial charge in [0.1, 0.15) is 54.4 Å². The second kappa shape index (κ2) is 28.3. The summed E-state index contributed by atoms with van der Waals surface area (Å²) in [5.74, 6) is -1.10. The molecule has 1 aromatic carbocycles. The molecular weight excluding hydrogens is 939 g/mol. The fourth-order valence-corrected chi connectivity index (χ4v) is 9.98. The number of benzene rings is 1. The minimum absolute atomic E-state index is 0.0941. The zero-order valence-electron chi connectivity index (χ0n) is 44.0. The molecule has 18 atom stereocenters. The first-order chi connectivity index (χ1) is 35.0. The molecule has 7 rings (SSSR count). The molecule has 6 saturated heterocycles. The highest BCUT2D eigenvalue weighted by atomic mass is 16.8. The van der Waals surface area contributed by atoms with Crippen molar-refractivity contribution < 1.29 is 80.9 Å². The predicted molar refractivity (Wildman–Crippen MR) is 259 cm³/mol. The molecule has 0 aliphatic carbocycles. The van der Waals surface area contributed by atoms with Crippen molar-refractivity contribution in [3.05, 3.63) is 46.3 Å². The molecule has 0 radical (unpaired) electrons. The van der Waals surface area contributed by atoms with Gasteiger partial charge < -0.3 is 80.9 Å². The van der Waals surface area contributed by atoms with Crippen LogP contribution in [0.4, 0.5) is 0 Å². The maximum atomic E-state index is 11.6. The molecule has 1 N–H and O–H groups in total. The lowest BCUT2D eigenvalue weighted by Gasteiger charge is -2.48. The number of azide groups is 1. The second-order valence-electron chi connectivity index (χ2n) is 20.2. The third-order valence-electron chi connectivity index (χ3n) is 13.9. The summed E-state index contributed by atoms with van der Waals surface area (Å²) < 4.78 is 105. The van der Waals surface area contributed by atoms with Crippen LogP contribution in [-0.2, 0) is 75.8 Å². The minimum Gasteiger partial charge on any atom is -0.379 e. The first-order valence-electron chi connectivity index (χ1n) is 27.0. The first kappa shape index (κ1) is 57.6. The van der Waals surface area contributed by atoms with Crippen LogP contribution in [0.5, 0.6) is 0 Å². The fourth-order valence-electron chi connectivity index (χ4n) is 9.98. The summed E-state index contributed by atoms with van der Waals surface area (Å²) in [5.41, 5.74) is 9.68. The number of aliphatic hydroxyl groups excluding tert-OH is 1. The summed E-state index contributed by atoms with van der Waals surface area (Å²) in [6.07, 6.45) is -5.08. The molecule has 1 aromatic rings. The lowest BCUT2D eigenvalue weighted by Crippen LogP contribution is -2.65. The highest BCUT2D eigenvalue weighted by Crippen LogP contribution is 2.47. The second-order valence-corrected chi connectivity index (χ2v) is 20.2. The molecule has 6 aliphatic rings. The zero-order chi connectivity index (χ0) is 51.1. The van der Waals surface area contributed by atoms with E-state index in [2.05, 4.69) is 37.7 Å². The Morgan fingerprint density at radius 1 is 0.667 bits per heavy atom. The Labute approximate surface area is 426 Å². The van der Waals surface area contributed by atoms with E-state index in [1.807, 2.05) is 58.0 Å². The van der Waals surface area contributed by atoms with Gasteiger partial charge in [-0.25, -0.2) is 0 Å². The molecule has 0 bridgehead atoms. The van der Waals surface area contributed by atoms with Crippen LogP contribution in [0.2, 0.25) is 0 Å². The molecule has 0 saturated carbocycles. The van der Waals surface area contributed by atoms with E-state index in [0.29, 0.717) is 33.0 Å². The molecule has 20 nitrogen and oxygen atoms in total. The van der Waals surface area contributed by atoms with Gasteiger partial charge in [0, 0.05) is 43.5 Å². The van der Waals surface area contributed by atoms with E-state index in [9.17, 15) is 10.6 Å². The quantitative estimate of drug-likeness (QED) is 0.0340. The van der Waals surface area contributed by atoms with E-state index in [1.54, 1.807) is 0 Å². The number of unbranched alkanes of at least 4 members (excludes halogenated alkanes) is 5. The summed E-state index contributed by atoms with van der Waals surface area (Å²) >= 11 is 0. The normalized spacial score (nSPS) is 38.4. The summed E-state index contributed by atoms with van der Waals surface area (Å²) in [4.78, 5) is 3.14. The van der Waals surface area contributed by atoms with Gasteiger partial charge in [0.25, 0.3) is 0 Å². The molecule has 6 fully saturated rings. The van der Waals surface area contributed by atoms with Gasteiger partial charge in [0.15, 0.2) is 37.2 Å². The number of hydrogen-bond acceptors (Lipinski definition) is 18. The average Bonchev–Trinajstić information content (AvgIpc) is 4.02. The van der Waals surface area contributed by atoms with Crippen LogP contribution in [0.1, 0.15) is 131 Å². The van der Waals surface area contributed by atoms with Crippen LogP contribution in [-0.4, -0.2) is 174 Å². The van der Waals surface area contributed by atoms with E-state index in [0.717, 1.165) is 69.8 Å². The SMILES string of the molecule is CCCCOC[C@H]1O[C@@H](O)C(O[C@@H]2O[C@H](C)[C@H](O[C@@H]3OC[C@@H](OCCCC)C(O[C@@H]4OC[C@]5(COCCCC)O[C@@H](c6ccccc6)OC45)C3OCCCC)C3OC(C)(C)OC32)C(OCCCC)[C@H]1N=[N+]=[N-]. The van der Waals surface area contributed by atoms with Crippen molar-refractivity contribution >= 4 is 0 Å². The largest absolute Gasteiger partial charge is 0.379 e. The standard InChI is InChI=1S/C52H85N3O17/c1-9-14-24-57-29-35-37(54-55-53)40(60-27-17-12-4)42(46(56)65-35)68-49-44-41(70-51(7,8)71-44)38(33(6)64-49)66-48-43(61-28-18-13-5)39(36(30-62-48)59-26-16-11-3)67-50-45-52(32-63-50,31-58-25-15-10-2)72-47(69-45)34-22-20-19-21-23-34/h19-23,33,35-50,56H,9-18,24-32H2,1-8H3/t33-,35-,36-,37+,38+,39?,40?,41?,42?,43?,44?,45?,46-,47+,48+,49+,50+,52+/m1/s1. The zero-order valence-corrected chi connectivity index (χ0v) is 44.0. The Hall–Kier alpha value is -2.15. The summed E-state index contributed by atoms with van der Waals surface area (Å²) in [7, 11) is 0. The van der Waals surface area contributed by atoms with E-state index < -0.39 is 116 Å². The molecule has 6 heterocycles. The van der Waals surface area contributed by atoms with Crippen molar-refractivity contribution in [3.8, 4) is 0 Å². The Morgan fingerprint density at radius 2 is 1.29 bits per heavy atom. The van der Waals surface area contributed by atoms with Crippen molar-refractivity contribution in [1.29, 1.82) is 0 Å². The molecule has 0 amide bonds. The highest BCUT2D eigenvalue weighted by molar-refractivity contribution is 5.18. The predicted octanol–water partition coefficient (Wildman–Crippen LogP) is 7.56. The molecule has 0 aromatic heterocycles. The summed E-state index contributed by atoms with van der Waals surface area (Å²) in [6, 6.07) is 8.96. The number of ether oxygens (including phenoxy) is 16. The Morgan fingerprint density at radius 3 is 1.99 bits per heavy atom. The number of rotatable bonds is 30. The lowest BCUT2D eigenvalue weighted by molar-refractivity contribution is -0.367. The smallest absolute Gasteiger partial charge is 0.187 e. The van der Waals surface area contributed by atoms with E-state index in [-0.39, 0.29) is 26.4 Å². The van der Waals surface area contributed by atoms with Gasteiger partial charge in [-0.05, 0) is 58.4 Å². The Kier molecular flexibility index (Phi) is 22.6. The number of nitrogens with zero attached hydrogens (tertiary/aromatic N) is 3. The molecule has 0 spiro atoms. The summed E-state index contributed by atoms with van der Waals surface area (Å²) in [5, 5.41) is 15.7. The van der Waals surface area contributed by atoms with Crippen LogP contribution < -0.4 is 0 Å². The van der Waals surface area contributed by atoms with Gasteiger partial charge >= 0.3 is 0 Å². The Bertz CT molecular complexity index is 1770. The monoisotopic (exact) mass is 1020 g/mol. The molecule has 7 unspecified atom stereocenters. The van der Waals surface area contributed by atoms with E-state index in [4.69, 9.17) is 75.8 Å². The van der Waals surface area contributed by atoms with Crippen LogP contribution in [0, 0.1) is 0 Å². The number of fused-ring (bicyclic) bond motifs is 2. The van der Waals surface area contributed by atoms with E-state index in [1.165, 1.54) is 0 Å². The lowest BCUT2D eigenvalue weighted by atomic mass is 9.95. The molecule has 20 heteroatoms. The third-order valence-corrected chi connectivity index (χ3v) is 13.9. The van der Waals surface area contributed by atoms with Crippen molar-refractivity contribution in [1.82, 2.24) is 0 Å². The van der Waals surface area contributed by atoms with Crippen LogP contribution in [0.25, 0.3) is 10.4 Å². The molecular formula is C52H85N3O17. The maximum absolute atomic E-state index is 11.6. The topological polar surface area (TPSA) is 217 Å².